The minimum Gasteiger partial charge on any atom is -0.508 e. The van der Waals surface area contributed by atoms with Gasteiger partial charge in [-0.1, -0.05) is 39.8 Å². The molecule has 302 valence electrons. The number of rotatable bonds is 25. The van der Waals surface area contributed by atoms with Gasteiger partial charge in [0.05, 0.1) is 12.5 Å². The molecule has 0 saturated heterocycles. The number of carbonyl (C=O) groups excluding carboxylic acids is 7. The van der Waals surface area contributed by atoms with Crippen molar-refractivity contribution in [2.75, 3.05) is 12.0 Å². The molecule has 18 nitrogen and oxygen atoms in total. The summed E-state index contributed by atoms with van der Waals surface area (Å²) in [4.78, 5) is 102. The summed E-state index contributed by atoms with van der Waals surface area (Å²) >= 11 is 1.50. The number of nitrogens with two attached hydrogens (primary N) is 3. The highest BCUT2D eigenvalue weighted by atomic mass is 32.2. The maximum atomic E-state index is 13.9. The molecule has 7 amide bonds. The van der Waals surface area contributed by atoms with Crippen molar-refractivity contribution in [2.45, 2.75) is 109 Å². The number of hydrogen-bond donors (Lipinski definition) is 10. The van der Waals surface area contributed by atoms with Crippen LogP contribution in [0.4, 0.5) is 0 Å². The fraction of sp³-hybridized carbons (Fsp3) is 0.600. The number of carboxylic acid groups (broad SMARTS) is 1. The number of thioether (sulfide) groups is 1. The first kappa shape index (κ1) is 47.1. The third-order valence-electron chi connectivity index (χ3n) is 7.99. The Kier molecular flexibility index (Phi) is 20.7. The number of primary amides is 2. The van der Waals surface area contributed by atoms with Crippen LogP contribution in [0.3, 0.4) is 0 Å². The second-order valence-electron chi connectivity index (χ2n) is 13.8. The van der Waals surface area contributed by atoms with Crippen LogP contribution in [0.15, 0.2) is 24.3 Å². The van der Waals surface area contributed by atoms with Crippen molar-refractivity contribution < 1.29 is 48.6 Å². The molecule has 0 fully saturated rings. The lowest BCUT2D eigenvalue weighted by molar-refractivity contribution is -0.144. The van der Waals surface area contributed by atoms with Crippen molar-refractivity contribution in [2.24, 2.45) is 29.0 Å². The van der Waals surface area contributed by atoms with Crippen LogP contribution >= 0.6 is 11.8 Å². The largest absolute Gasteiger partial charge is 0.508 e. The number of phenolic OH excluding ortho intramolecular Hbond substituents is 1. The number of phenols is 1. The summed E-state index contributed by atoms with van der Waals surface area (Å²) in [5, 5.41) is 31.8. The van der Waals surface area contributed by atoms with Crippen LogP contribution in [-0.4, -0.2) is 106 Å². The Morgan fingerprint density at radius 1 is 0.648 bits per heavy atom. The van der Waals surface area contributed by atoms with E-state index in [1.54, 1.807) is 13.8 Å². The average molecular weight is 781 g/mol. The second-order valence-corrected chi connectivity index (χ2v) is 14.8. The zero-order valence-corrected chi connectivity index (χ0v) is 32.2. The van der Waals surface area contributed by atoms with Gasteiger partial charge in [-0.25, -0.2) is 4.79 Å². The van der Waals surface area contributed by atoms with Crippen LogP contribution in [-0.2, 0) is 44.8 Å². The van der Waals surface area contributed by atoms with Crippen LogP contribution in [0.5, 0.6) is 5.75 Å². The first-order chi connectivity index (χ1) is 25.2. The van der Waals surface area contributed by atoms with Gasteiger partial charge in [0, 0.05) is 12.8 Å². The second kappa shape index (κ2) is 23.7. The third kappa shape index (κ3) is 18.2. The smallest absolute Gasteiger partial charge is 0.326 e. The van der Waals surface area contributed by atoms with Crippen molar-refractivity contribution in [3.05, 3.63) is 29.8 Å². The van der Waals surface area contributed by atoms with Crippen LogP contribution in [0.2, 0.25) is 0 Å². The summed E-state index contributed by atoms with van der Waals surface area (Å²) in [7, 11) is 0. The molecule has 0 aliphatic carbocycles. The lowest BCUT2D eigenvalue weighted by atomic mass is 9.99. The number of nitrogens with one attached hydrogen (secondary N) is 5. The van der Waals surface area contributed by atoms with Gasteiger partial charge in [-0.2, -0.15) is 11.8 Å². The van der Waals surface area contributed by atoms with Crippen molar-refractivity contribution in [1.29, 1.82) is 0 Å². The van der Waals surface area contributed by atoms with E-state index >= 15 is 0 Å². The highest BCUT2D eigenvalue weighted by Gasteiger charge is 2.34. The van der Waals surface area contributed by atoms with E-state index in [9.17, 15) is 48.6 Å². The molecule has 0 unspecified atom stereocenters. The number of aromatic hydroxyl groups is 1. The van der Waals surface area contributed by atoms with E-state index in [-0.39, 0.29) is 49.7 Å². The number of carbonyl (C=O) groups is 8. The Morgan fingerprint density at radius 2 is 1.09 bits per heavy atom. The summed E-state index contributed by atoms with van der Waals surface area (Å²) < 4.78 is 0. The Hall–Kier alpha value is -4.91. The monoisotopic (exact) mass is 780 g/mol. The highest BCUT2D eigenvalue weighted by Crippen LogP contribution is 2.14. The fourth-order valence-corrected chi connectivity index (χ4v) is 5.67. The topological polar surface area (TPSA) is 315 Å². The molecule has 0 heterocycles. The molecule has 54 heavy (non-hydrogen) atoms. The van der Waals surface area contributed by atoms with Crippen LogP contribution in [0.1, 0.15) is 71.8 Å². The first-order valence-corrected chi connectivity index (χ1v) is 19.0. The van der Waals surface area contributed by atoms with E-state index < -0.39 is 90.0 Å². The minimum atomic E-state index is -1.67. The van der Waals surface area contributed by atoms with Gasteiger partial charge in [-0.15, -0.1) is 0 Å². The molecular weight excluding hydrogens is 724 g/mol. The maximum absolute atomic E-state index is 13.9. The van der Waals surface area contributed by atoms with Gasteiger partial charge in [0.2, 0.25) is 41.4 Å². The molecule has 0 spiro atoms. The third-order valence-corrected chi connectivity index (χ3v) is 8.64. The minimum absolute atomic E-state index is 0.0293. The molecule has 6 atom stereocenters. The molecule has 0 saturated carbocycles. The van der Waals surface area contributed by atoms with E-state index in [1.165, 1.54) is 36.0 Å². The van der Waals surface area contributed by atoms with Crippen LogP contribution in [0.25, 0.3) is 0 Å². The molecule has 1 aromatic rings. The van der Waals surface area contributed by atoms with Crippen LogP contribution in [0, 0.1) is 11.8 Å². The van der Waals surface area contributed by atoms with Crippen molar-refractivity contribution in [3.8, 4) is 5.75 Å². The zero-order valence-electron chi connectivity index (χ0n) is 31.4. The molecular formula is C35H56N8O10S. The van der Waals surface area contributed by atoms with E-state index in [1.807, 2.05) is 20.1 Å². The molecule has 19 heteroatoms. The van der Waals surface area contributed by atoms with Crippen molar-refractivity contribution >= 4 is 59.1 Å². The predicted molar refractivity (Wildman–Crippen MR) is 201 cm³/mol. The van der Waals surface area contributed by atoms with Gasteiger partial charge in [0.15, 0.2) is 0 Å². The standard InChI is InChI=1S/C35H56N8O10S/c1-18(2)14-24(40-30(47)22(36)12-13-54-5)32(49)39-23(10-11-28(37)45)31(48)42-26(16-20-6-8-21(44)9-7-20)34(51)41-25(15-19(3)4)33(50)43-27(35(52)53)17-29(38)46/h6-9,18-19,22-27,44H,10-17,36H2,1-5H3,(H2,37,45)(H2,38,46)(H,39,49)(H,40,47)(H,41,51)(H,42,48)(H,43,50)(H,52,53)/t22-,23-,24-,25-,26-,27-/m0/s1. The predicted octanol–water partition coefficient (Wildman–Crippen LogP) is -1.24. The summed E-state index contributed by atoms with van der Waals surface area (Å²) in [5.74, 6) is -6.97. The fourth-order valence-electron chi connectivity index (χ4n) is 5.18. The number of hydrogen-bond acceptors (Lipinski definition) is 11. The first-order valence-electron chi connectivity index (χ1n) is 17.6. The maximum Gasteiger partial charge on any atom is 0.326 e. The number of aliphatic carboxylic acids is 1. The van der Waals surface area contributed by atoms with E-state index in [2.05, 4.69) is 26.6 Å². The SMILES string of the molecule is CSCC[C@H](N)C(=O)N[C@@H](CC(C)C)C(=O)N[C@@H](CCC(N)=O)C(=O)N[C@@H](Cc1ccc(O)cc1)C(=O)N[C@@H](CC(C)C)C(=O)N[C@@H](CC(N)=O)C(=O)O. The molecule has 0 aromatic heterocycles. The zero-order chi connectivity index (χ0) is 41.1. The number of amides is 7. The van der Waals surface area contributed by atoms with Gasteiger partial charge < -0.3 is 54.0 Å². The van der Waals surface area contributed by atoms with Crippen molar-refractivity contribution in [3.63, 3.8) is 0 Å². The van der Waals surface area contributed by atoms with Crippen molar-refractivity contribution in [1.82, 2.24) is 26.6 Å². The summed E-state index contributed by atoms with van der Waals surface area (Å²) in [5.41, 5.74) is 17.0. The summed E-state index contributed by atoms with van der Waals surface area (Å²) in [6, 6.07) is -2.09. The summed E-state index contributed by atoms with van der Waals surface area (Å²) in [6.45, 7) is 7.16. The van der Waals surface area contributed by atoms with Gasteiger partial charge in [0.1, 0.15) is 36.0 Å². The van der Waals surface area contributed by atoms with E-state index in [4.69, 9.17) is 17.2 Å². The average Bonchev–Trinajstić information content (AvgIpc) is 3.07. The molecule has 1 aromatic carbocycles. The lowest BCUT2D eigenvalue weighted by Gasteiger charge is -2.28. The van der Waals surface area contributed by atoms with Gasteiger partial charge in [-0.05, 0) is 67.2 Å². The Labute approximate surface area is 319 Å². The van der Waals surface area contributed by atoms with Gasteiger partial charge in [0.25, 0.3) is 0 Å². The highest BCUT2D eigenvalue weighted by molar-refractivity contribution is 7.98. The Morgan fingerprint density at radius 3 is 1.56 bits per heavy atom. The lowest BCUT2D eigenvalue weighted by Crippen LogP contribution is -2.60. The molecule has 0 aliphatic heterocycles. The summed E-state index contributed by atoms with van der Waals surface area (Å²) in [6.07, 6.45) is 0.960. The van der Waals surface area contributed by atoms with Crippen LogP contribution < -0.4 is 43.8 Å². The molecule has 0 aliphatic rings. The van der Waals surface area contributed by atoms with Gasteiger partial charge >= 0.3 is 5.97 Å². The quantitative estimate of drug-likeness (QED) is 0.0557. The van der Waals surface area contributed by atoms with E-state index in [0.717, 1.165) is 0 Å². The molecule has 1 rings (SSSR count). The number of benzene rings is 1. The Bertz CT molecular complexity index is 1460. The molecule has 0 bridgehead atoms. The van der Waals surface area contributed by atoms with E-state index in [0.29, 0.717) is 17.7 Å². The normalized spacial score (nSPS) is 14.4. The molecule has 0 radical (unpaired) electrons. The Balaban J connectivity index is 3.45. The van der Waals surface area contributed by atoms with Gasteiger partial charge in [-0.3, -0.25) is 33.6 Å². The molecule has 13 N–H and O–H groups in total. The number of carboxylic acids is 1.